The molecule has 2 saturated carbocycles. The fraction of sp³-hybridized carbons (Fsp3) is 0.556. The maximum absolute atomic E-state index is 12.7. The van der Waals surface area contributed by atoms with Crippen LogP contribution in [0.5, 0.6) is 0 Å². The van der Waals surface area contributed by atoms with Crippen LogP contribution < -0.4 is 10.2 Å². The summed E-state index contributed by atoms with van der Waals surface area (Å²) >= 11 is 0. The van der Waals surface area contributed by atoms with Gasteiger partial charge in [0.05, 0.1) is 42.2 Å². The number of likely N-dealkylation sites (tertiary alicyclic amines) is 1. The van der Waals surface area contributed by atoms with Gasteiger partial charge in [-0.3, -0.25) is 14.4 Å². The smallest absolute Gasteiger partial charge is 0.230 e. The summed E-state index contributed by atoms with van der Waals surface area (Å²) in [5.74, 6) is 1.03. The third-order valence-electron chi connectivity index (χ3n) is 9.29. The second-order valence-corrected chi connectivity index (χ2v) is 11.7. The molecule has 1 N–H and O–H groups in total. The lowest BCUT2D eigenvalue weighted by atomic mass is 9.60. The number of amides is 1. The summed E-state index contributed by atoms with van der Waals surface area (Å²) in [6.07, 6.45) is 9.47. The van der Waals surface area contributed by atoms with Crippen molar-refractivity contribution in [3.8, 4) is 0 Å². The average Bonchev–Trinajstić information content (AvgIpc) is 3.48. The largest absolute Gasteiger partial charge is 0.378 e. The van der Waals surface area contributed by atoms with Crippen LogP contribution in [-0.4, -0.2) is 68.9 Å². The van der Waals surface area contributed by atoms with Gasteiger partial charge in [-0.25, -0.2) is 9.97 Å². The van der Waals surface area contributed by atoms with Crippen molar-refractivity contribution in [2.75, 3.05) is 36.5 Å². The molecule has 5 aliphatic rings. The Hall–Kier alpha value is -3.04. The molecule has 3 aliphatic heterocycles. The van der Waals surface area contributed by atoms with E-state index in [4.69, 9.17) is 14.8 Å². The van der Waals surface area contributed by atoms with Gasteiger partial charge < -0.3 is 15.0 Å². The van der Waals surface area contributed by atoms with Crippen molar-refractivity contribution in [3.05, 3.63) is 36.3 Å². The van der Waals surface area contributed by atoms with Crippen molar-refractivity contribution in [1.82, 2.24) is 24.6 Å². The first-order chi connectivity index (χ1) is 17.5. The molecule has 8 rings (SSSR count). The number of anilines is 3. The molecule has 5 heterocycles. The maximum atomic E-state index is 12.7. The fourth-order valence-corrected chi connectivity index (χ4v) is 7.16. The van der Waals surface area contributed by atoms with Crippen LogP contribution in [0.1, 0.15) is 45.3 Å². The van der Waals surface area contributed by atoms with E-state index in [-0.39, 0.29) is 13.3 Å². The molecule has 9 nitrogen and oxygen atoms in total. The summed E-state index contributed by atoms with van der Waals surface area (Å²) in [7, 11) is 0. The molecule has 0 radical (unpaired) electrons. The molecule has 2 aromatic heterocycles. The predicted octanol–water partition coefficient (Wildman–Crippen LogP) is 3.68. The van der Waals surface area contributed by atoms with Gasteiger partial charge in [0, 0.05) is 49.9 Å². The second-order valence-electron chi connectivity index (χ2n) is 11.7. The summed E-state index contributed by atoms with van der Waals surface area (Å²) in [5, 5.41) is 9.17. The van der Waals surface area contributed by atoms with Gasteiger partial charge in [0.2, 0.25) is 11.9 Å². The lowest BCUT2D eigenvalue weighted by Gasteiger charge is -2.61. The number of carbonyl (C=O) groups is 1. The van der Waals surface area contributed by atoms with E-state index in [0.29, 0.717) is 29.5 Å². The molecule has 2 unspecified atom stereocenters. The van der Waals surface area contributed by atoms with Crippen LogP contribution in [0.2, 0.25) is 0 Å². The molecular formula is C27H33N7O2. The van der Waals surface area contributed by atoms with Gasteiger partial charge in [-0.05, 0) is 62.6 Å². The van der Waals surface area contributed by atoms with E-state index >= 15 is 0 Å². The van der Waals surface area contributed by atoms with E-state index in [0.717, 1.165) is 60.4 Å². The Kier molecular flexibility index (Phi) is 4.39. The SMILES string of the molecule is Cc1nn(C2CC3(C2)CN(C2COC2)C3)cc1Nc1ncc2ccc(N3C(=O)C4CCC3C4)cc2n1.[HH]. The number of nitrogens with zero attached hydrogens (tertiary/aromatic N) is 6. The molecule has 1 spiro atoms. The summed E-state index contributed by atoms with van der Waals surface area (Å²) in [6.45, 7) is 6.26. The Morgan fingerprint density at radius 1 is 1.14 bits per heavy atom. The van der Waals surface area contributed by atoms with Gasteiger partial charge in [0.15, 0.2) is 0 Å². The summed E-state index contributed by atoms with van der Waals surface area (Å²) in [4.78, 5) is 26.6. The van der Waals surface area contributed by atoms with Crippen molar-refractivity contribution in [2.24, 2.45) is 11.3 Å². The number of piperidine rings is 1. The van der Waals surface area contributed by atoms with Gasteiger partial charge in [0.25, 0.3) is 0 Å². The second kappa shape index (κ2) is 7.49. The maximum Gasteiger partial charge on any atom is 0.230 e. The zero-order chi connectivity index (χ0) is 24.0. The number of benzene rings is 1. The monoisotopic (exact) mass is 487 g/mol. The van der Waals surface area contributed by atoms with Crippen LogP contribution in [0.15, 0.2) is 30.6 Å². The minimum atomic E-state index is 0. The molecule has 36 heavy (non-hydrogen) atoms. The fourth-order valence-electron chi connectivity index (χ4n) is 7.16. The van der Waals surface area contributed by atoms with Crippen LogP contribution >= 0.6 is 0 Å². The Morgan fingerprint density at radius 3 is 2.75 bits per heavy atom. The first-order valence-corrected chi connectivity index (χ1v) is 13.3. The van der Waals surface area contributed by atoms with Gasteiger partial charge in [-0.1, -0.05) is 0 Å². The number of carbonyl (C=O) groups excluding carboxylic acids is 1. The van der Waals surface area contributed by atoms with Crippen molar-refractivity contribution in [2.45, 2.75) is 57.2 Å². The Balaban J connectivity index is 0.00000231. The zero-order valence-corrected chi connectivity index (χ0v) is 20.6. The number of aromatic nitrogens is 4. The Bertz CT molecular complexity index is 1370. The van der Waals surface area contributed by atoms with Crippen molar-refractivity contribution >= 4 is 34.1 Å². The highest BCUT2D eigenvalue weighted by molar-refractivity contribution is 6.00. The topological polar surface area (TPSA) is 88.4 Å². The highest BCUT2D eigenvalue weighted by Gasteiger charge is 2.55. The summed E-state index contributed by atoms with van der Waals surface area (Å²) in [6, 6.07) is 7.53. The van der Waals surface area contributed by atoms with Crippen LogP contribution in [0.4, 0.5) is 17.3 Å². The quantitative estimate of drug-likeness (QED) is 0.587. The molecule has 2 atom stereocenters. The van der Waals surface area contributed by atoms with Crippen LogP contribution in [-0.2, 0) is 9.53 Å². The Morgan fingerprint density at radius 2 is 2.00 bits per heavy atom. The minimum Gasteiger partial charge on any atom is -0.378 e. The zero-order valence-electron chi connectivity index (χ0n) is 20.6. The number of rotatable bonds is 5. The molecule has 9 heteroatoms. The lowest BCUT2D eigenvalue weighted by Crippen LogP contribution is -2.68. The van der Waals surface area contributed by atoms with E-state index in [1.807, 2.05) is 36.2 Å². The van der Waals surface area contributed by atoms with E-state index in [1.54, 1.807) is 0 Å². The third-order valence-corrected chi connectivity index (χ3v) is 9.29. The number of ether oxygens (including phenoxy) is 1. The Labute approximate surface area is 211 Å². The van der Waals surface area contributed by atoms with Crippen molar-refractivity contribution < 1.29 is 11.0 Å². The number of nitrogens with one attached hydrogen (secondary N) is 1. The molecule has 1 aromatic carbocycles. The van der Waals surface area contributed by atoms with Crippen LogP contribution in [0.25, 0.3) is 10.9 Å². The molecule has 2 bridgehead atoms. The molecule has 1 amide bonds. The molecule has 5 fully saturated rings. The standard InChI is InChI=1S/C27H31N7O2.H2/c1-16-24(11-33(31-16)21-8-27(9-21)14-32(15-27)22-12-36-13-22)30-26-28-10-18-3-5-20(7-23(18)29-26)34-19-4-2-17(6-19)25(34)35;/h3,5,7,10-11,17,19,21-22H,2,4,6,8-9,12-15H2,1H3,(H,28,29,30);1H. The molecular weight excluding hydrogens is 454 g/mol. The molecule has 2 aliphatic carbocycles. The number of fused-ring (bicyclic) bond motifs is 3. The van der Waals surface area contributed by atoms with E-state index in [2.05, 4.69) is 26.1 Å². The van der Waals surface area contributed by atoms with E-state index in [1.165, 1.54) is 25.9 Å². The normalized spacial score (nSPS) is 27.5. The van der Waals surface area contributed by atoms with Crippen LogP contribution in [0, 0.1) is 18.3 Å². The summed E-state index contributed by atoms with van der Waals surface area (Å²) in [5.41, 5.74) is 4.18. The average molecular weight is 488 g/mol. The van der Waals surface area contributed by atoms with Crippen molar-refractivity contribution in [3.63, 3.8) is 0 Å². The lowest BCUT2D eigenvalue weighted by molar-refractivity contribution is -0.165. The molecule has 3 saturated heterocycles. The first-order valence-electron chi connectivity index (χ1n) is 13.3. The molecule has 3 aromatic rings. The third kappa shape index (κ3) is 3.15. The van der Waals surface area contributed by atoms with Gasteiger partial charge in [-0.15, -0.1) is 0 Å². The highest BCUT2D eigenvalue weighted by Crippen LogP contribution is 2.55. The van der Waals surface area contributed by atoms with Gasteiger partial charge in [0.1, 0.15) is 0 Å². The summed E-state index contributed by atoms with van der Waals surface area (Å²) < 4.78 is 7.48. The van der Waals surface area contributed by atoms with Crippen LogP contribution in [0.3, 0.4) is 0 Å². The van der Waals surface area contributed by atoms with Crippen molar-refractivity contribution in [1.29, 1.82) is 0 Å². The molecule has 188 valence electrons. The number of hydrogen-bond acceptors (Lipinski definition) is 7. The predicted molar refractivity (Wildman–Crippen MR) is 137 cm³/mol. The van der Waals surface area contributed by atoms with E-state index in [9.17, 15) is 4.79 Å². The van der Waals surface area contributed by atoms with Gasteiger partial charge >= 0.3 is 0 Å². The number of aryl methyl sites for hydroxylation is 1. The van der Waals surface area contributed by atoms with Gasteiger partial charge in [-0.2, -0.15) is 5.10 Å². The highest BCUT2D eigenvalue weighted by atomic mass is 16.5. The van der Waals surface area contributed by atoms with E-state index < -0.39 is 0 Å². The number of hydrogen-bond donors (Lipinski definition) is 1. The minimum absolute atomic E-state index is 0. The first kappa shape index (κ1) is 21.1.